The lowest BCUT2D eigenvalue weighted by atomic mass is 9.75. The van der Waals surface area contributed by atoms with Gasteiger partial charge in [0.25, 0.3) is 0 Å². The number of aromatic nitrogens is 5. The molecule has 0 bridgehead atoms. The Hall–Kier alpha value is -3.29. The molecule has 0 aliphatic heterocycles. The van der Waals surface area contributed by atoms with Crippen LogP contribution >= 0.6 is 0 Å². The highest BCUT2D eigenvalue weighted by Gasteiger charge is 2.38. The molecule has 2 saturated carbocycles. The molecule has 0 spiro atoms. The molecule has 2 aliphatic carbocycles. The summed E-state index contributed by atoms with van der Waals surface area (Å²) in [6, 6.07) is 9.41. The van der Waals surface area contributed by atoms with E-state index in [-0.39, 0.29) is 23.5 Å². The van der Waals surface area contributed by atoms with Crippen molar-refractivity contribution in [3.05, 3.63) is 47.8 Å². The number of carbonyl (C=O) groups is 2. The van der Waals surface area contributed by atoms with E-state index in [1.165, 1.54) is 0 Å². The lowest BCUT2D eigenvalue weighted by Crippen LogP contribution is -2.36. The predicted octanol–water partition coefficient (Wildman–Crippen LogP) is 3.71. The van der Waals surface area contributed by atoms with E-state index in [0.29, 0.717) is 23.7 Å². The van der Waals surface area contributed by atoms with Gasteiger partial charge in [0, 0.05) is 36.6 Å². The van der Waals surface area contributed by atoms with Gasteiger partial charge in [0.2, 0.25) is 5.91 Å². The van der Waals surface area contributed by atoms with E-state index in [4.69, 9.17) is 0 Å². The fourth-order valence-corrected chi connectivity index (χ4v) is 4.68. The molecule has 2 aliphatic rings. The first-order valence-electron chi connectivity index (χ1n) is 11.0. The van der Waals surface area contributed by atoms with Gasteiger partial charge in [-0.1, -0.05) is 42.3 Å². The Morgan fingerprint density at radius 3 is 2.45 bits per heavy atom. The number of nitrogens with one attached hydrogen (secondary N) is 2. The van der Waals surface area contributed by atoms with Crippen molar-refractivity contribution in [1.82, 2.24) is 25.2 Å². The summed E-state index contributed by atoms with van der Waals surface area (Å²) in [6.45, 7) is 0. The second-order valence-corrected chi connectivity index (χ2v) is 8.62. The van der Waals surface area contributed by atoms with Gasteiger partial charge in [0.15, 0.2) is 11.6 Å². The summed E-state index contributed by atoms with van der Waals surface area (Å²) in [7, 11) is 1.86. The second-order valence-electron chi connectivity index (χ2n) is 8.62. The van der Waals surface area contributed by atoms with Crippen molar-refractivity contribution in [2.24, 2.45) is 18.9 Å². The molecular formula is C23H26N6O2. The zero-order chi connectivity index (χ0) is 21.4. The van der Waals surface area contributed by atoms with Crippen molar-refractivity contribution in [2.75, 3.05) is 5.32 Å². The van der Waals surface area contributed by atoms with E-state index < -0.39 is 0 Å². The first-order chi connectivity index (χ1) is 15.1. The number of nitrogens with zero attached hydrogens (tertiary/aromatic N) is 4. The zero-order valence-corrected chi connectivity index (χ0v) is 17.5. The fraction of sp³-hybridized carbons (Fsp3) is 0.435. The van der Waals surface area contributed by atoms with Gasteiger partial charge < -0.3 is 5.32 Å². The number of hydrogen-bond acceptors (Lipinski definition) is 5. The van der Waals surface area contributed by atoms with E-state index in [1.54, 1.807) is 10.9 Å². The molecule has 1 aromatic carbocycles. The van der Waals surface area contributed by atoms with Crippen LogP contribution in [0.15, 0.2) is 36.5 Å². The first-order valence-corrected chi connectivity index (χ1v) is 11.0. The smallest absolute Gasteiger partial charge is 0.229 e. The fourth-order valence-electron chi connectivity index (χ4n) is 4.68. The van der Waals surface area contributed by atoms with Crippen molar-refractivity contribution in [3.63, 3.8) is 0 Å². The minimum absolute atomic E-state index is 0.0394. The highest BCUT2D eigenvalue weighted by molar-refractivity contribution is 6.03. The van der Waals surface area contributed by atoms with Crippen LogP contribution in [0.5, 0.6) is 0 Å². The summed E-state index contributed by atoms with van der Waals surface area (Å²) >= 11 is 0. The number of aromatic amines is 1. The molecule has 2 aromatic heterocycles. The van der Waals surface area contributed by atoms with E-state index in [0.717, 1.165) is 49.1 Å². The van der Waals surface area contributed by atoms with E-state index in [1.807, 2.05) is 37.4 Å². The predicted molar refractivity (Wildman–Crippen MR) is 115 cm³/mol. The highest BCUT2D eigenvalue weighted by Crippen LogP contribution is 2.43. The van der Waals surface area contributed by atoms with Crippen LogP contribution in [0.4, 0.5) is 5.82 Å². The first kappa shape index (κ1) is 19.7. The largest absolute Gasteiger partial charge is 0.307 e. The summed E-state index contributed by atoms with van der Waals surface area (Å²) in [5, 5.41) is 18.1. The molecule has 5 rings (SSSR count). The molecule has 2 fully saturated rings. The molecule has 1 amide bonds. The molecular weight excluding hydrogens is 392 g/mol. The Morgan fingerprint density at radius 2 is 1.77 bits per heavy atom. The Labute approximate surface area is 180 Å². The molecule has 0 radical (unpaired) electrons. The third-order valence-corrected chi connectivity index (χ3v) is 6.50. The Bertz CT molecular complexity index is 1080. The summed E-state index contributed by atoms with van der Waals surface area (Å²) < 4.78 is 1.75. The number of H-pyrrole nitrogens is 1. The van der Waals surface area contributed by atoms with Crippen LogP contribution in [0.3, 0.4) is 0 Å². The summed E-state index contributed by atoms with van der Waals surface area (Å²) in [6.07, 6.45) is 7.27. The van der Waals surface area contributed by atoms with Crippen molar-refractivity contribution in [2.45, 2.75) is 44.4 Å². The number of Topliss-reactive ketones (excluding diaryl/α,β-unsaturated/α-hetero) is 1. The standard InChI is InChI=1S/C23H26N6O2/c1-29-20(15-8-9-15)22(27-28-29)25-23(31)18-5-3-2-4-17(18)21(30)16-10-6-14(7-11-16)19-12-13-24-26-19/h6-7,10-13,15,17-18H,2-5,8-9H2,1H3,(H,24,26)(H,25,31)/t17-,18-/m0/s1. The van der Waals surface area contributed by atoms with Crippen LogP contribution in [0, 0.1) is 11.8 Å². The van der Waals surface area contributed by atoms with Gasteiger partial charge in [-0.2, -0.15) is 5.10 Å². The third-order valence-electron chi connectivity index (χ3n) is 6.50. The maximum absolute atomic E-state index is 13.3. The monoisotopic (exact) mass is 418 g/mol. The molecule has 160 valence electrons. The minimum Gasteiger partial charge on any atom is -0.307 e. The maximum atomic E-state index is 13.3. The second kappa shape index (κ2) is 8.09. The number of rotatable bonds is 6. The summed E-state index contributed by atoms with van der Waals surface area (Å²) in [4.78, 5) is 26.5. The van der Waals surface area contributed by atoms with Gasteiger partial charge in [-0.25, -0.2) is 4.68 Å². The van der Waals surface area contributed by atoms with Gasteiger partial charge in [-0.15, -0.1) is 5.10 Å². The number of ketones is 1. The molecule has 8 nitrogen and oxygen atoms in total. The van der Waals surface area contributed by atoms with Crippen LogP contribution < -0.4 is 5.32 Å². The molecule has 2 N–H and O–H groups in total. The van der Waals surface area contributed by atoms with Crippen LogP contribution in [0.1, 0.15) is 60.5 Å². The topological polar surface area (TPSA) is 106 Å². The van der Waals surface area contributed by atoms with E-state index in [9.17, 15) is 9.59 Å². The summed E-state index contributed by atoms with van der Waals surface area (Å²) in [5.41, 5.74) is 3.51. The van der Waals surface area contributed by atoms with Crippen molar-refractivity contribution in [1.29, 1.82) is 0 Å². The molecule has 31 heavy (non-hydrogen) atoms. The minimum atomic E-state index is -0.345. The lowest BCUT2D eigenvalue weighted by Gasteiger charge is -2.29. The van der Waals surface area contributed by atoms with Gasteiger partial charge in [0.1, 0.15) is 0 Å². The van der Waals surface area contributed by atoms with Crippen molar-refractivity contribution >= 4 is 17.5 Å². The number of aryl methyl sites for hydroxylation is 1. The van der Waals surface area contributed by atoms with Crippen LogP contribution in [0.2, 0.25) is 0 Å². The highest BCUT2D eigenvalue weighted by atomic mass is 16.2. The number of benzene rings is 1. The van der Waals surface area contributed by atoms with Gasteiger partial charge in [-0.3, -0.25) is 14.7 Å². The van der Waals surface area contributed by atoms with Gasteiger partial charge >= 0.3 is 0 Å². The average molecular weight is 419 g/mol. The Balaban J connectivity index is 1.33. The number of carbonyl (C=O) groups excluding carboxylic acids is 2. The van der Waals surface area contributed by atoms with E-state index >= 15 is 0 Å². The van der Waals surface area contributed by atoms with Crippen LogP contribution in [0.25, 0.3) is 11.3 Å². The Morgan fingerprint density at radius 1 is 1.03 bits per heavy atom. The number of anilines is 1. The molecule has 2 atom stereocenters. The van der Waals surface area contributed by atoms with Crippen molar-refractivity contribution in [3.8, 4) is 11.3 Å². The molecule has 0 unspecified atom stereocenters. The van der Waals surface area contributed by atoms with E-state index in [2.05, 4.69) is 25.8 Å². The zero-order valence-electron chi connectivity index (χ0n) is 17.5. The molecule has 8 heteroatoms. The van der Waals surface area contributed by atoms with Gasteiger partial charge in [0.05, 0.1) is 11.4 Å². The van der Waals surface area contributed by atoms with Crippen molar-refractivity contribution < 1.29 is 9.59 Å². The molecule has 2 heterocycles. The maximum Gasteiger partial charge on any atom is 0.229 e. The third kappa shape index (κ3) is 3.89. The normalized spacial score (nSPS) is 21.1. The number of hydrogen-bond donors (Lipinski definition) is 2. The Kier molecular flexibility index (Phi) is 5.13. The number of amides is 1. The lowest BCUT2D eigenvalue weighted by molar-refractivity contribution is -0.122. The quantitative estimate of drug-likeness (QED) is 0.594. The summed E-state index contributed by atoms with van der Waals surface area (Å²) in [5.74, 6) is 0.241. The van der Waals surface area contributed by atoms with Crippen LogP contribution in [-0.4, -0.2) is 36.9 Å². The van der Waals surface area contributed by atoms with Crippen LogP contribution in [-0.2, 0) is 11.8 Å². The average Bonchev–Trinajstić information content (AvgIpc) is 3.34. The molecule has 3 aromatic rings. The SMILES string of the molecule is Cn1nnc(NC(=O)[C@H]2CCCC[C@@H]2C(=O)c2ccc(-c3ccn[nH]3)cc2)c1C1CC1. The molecule has 0 saturated heterocycles. The van der Waals surface area contributed by atoms with Gasteiger partial charge in [-0.05, 0) is 37.3 Å².